The highest BCUT2D eigenvalue weighted by Crippen LogP contribution is 2.44. The van der Waals surface area contributed by atoms with Crippen LogP contribution in [0.5, 0.6) is 0 Å². The summed E-state index contributed by atoms with van der Waals surface area (Å²) in [4.78, 5) is 24.8. The van der Waals surface area contributed by atoms with Crippen LogP contribution in [0.1, 0.15) is 75.5 Å². The van der Waals surface area contributed by atoms with Crippen molar-refractivity contribution in [3.05, 3.63) is 51.3 Å². The number of carboxylic acid groups (broad SMARTS) is 1. The van der Waals surface area contributed by atoms with Gasteiger partial charge < -0.3 is 15.2 Å². The van der Waals surface area contributed by atoms with Crippen LogP contribution in [0.3, 0.4) is 0 Å². The van der Waals surface area contributed by atoms with E-state index in [1.807, 2.05) is 6.92 Å². The highest BCUT2D eigenvalue weighted by Gasteiger charge is 2.46. The SMILES string of the molecule is CCc1nn(C[C@H](C)Cc2c(C(=O)O)ccc(C(F)(F)F)c2C(F)(F)F)c2c1C(=O)NCC1(CCOCC1)C2. The molecule has 1 atom stereocenters. The Kier molecular flexibility index (Phi) is 7.76. The molecule has 13 heteroatoms. The third-order valence-electron chi connectivity index (χ3n) is 7.58. The molecule has 1 spiro atoms. The molecule has 3 heterocycles. The first kappa shape index (κ1) is 28.9. The molecular formula is C26H29F6N3O4. The zero-order valence-electron chi connectivity index (χ0n) is 21.4. The molecule has 4 rings (SSSR count). The molecule has 1 saturated heterocycles. The number of carbonyl (C=O) groups is 2. The van der Waals surface area contributed by atoms with Gasteiger partial charge in [0.25, 0.3) is 5.91 Å². The minimum atomic E-state index is -5.43. The molecule has 0 aliphatic carbocycles. The molecule has 1 fully saturated rings. The lowest BCUT2D eigenvalue weighted by Crippen LogP contribution is -2.40. The Labute approximate surface area is 220 Å². The molecule has 2 N–H and O–H groups in total. The van der Waals surface area contributed by atoms with E-state index in [1.54, 1.807) is 4.68 Å². The molecule has 0 saturated carbocycles. The van der Waals surface area contributed by atoms with Crippen molar-refractivity contribution in [2.75, 3.05) is 19.8 Å². The van der Waals surface area contributed by atoms with Gasteiger partial charge in [-0.1, -0.05) is 13.8 Å². The molecule has 39 heavy (non-hydrogen) atoms. The van der Waals surface area contributed by atoms with Gasteiger partial charge in [-0.05, 0) is 61.1 Å². The molecule has 1 aromatic carbocycles. The fraction of sp³-hybridized carbons (Fsp3) is 0.577. The van der Waals surface area contributed by atoms with Crippen LogP contribution in [0.15, 0.2) is 12.1 Å². The number of rotatable bonds is 6. The van der Waals surface area contributed by atoms with Crippen molar-refractivity contribution in [1.29, 1.82) is 0 Å². The van der Waals surface area contributed by atoms with E-state index in [0.717, 1.165) is 0 Å². The predicted molar refractivity (Wildman–Crippen MR) is 126 cm³/mol. The smallest absolute Gasteiger partial charge is 0.417 e. The molecule has 214 valence electrons. The van der Waals surface area contributed by atoms with Crippen LogP contribution in [0, 0.1) is 11.3 Å². The summed E-state index contributed by atoms with van der Waals surface area (Å²) in [6.45, 7) is 4.79. The van der Waals surface area contributed by atoms with Crippen molar-refractivity contribution >= 4 is 11.9 Å². The average molecular weight is 562 g/mol. The number of aromatic nitrogens is 2. The van der Waals surface area contributed by atoms with Gasteiger partial charge in [0.15, 0.2) is 0 Å². The van der Waals surface area contributed by atoms with Crippen LogP contribution in [-0.4, -0.2) is 46.5 Å². The first-order valence-electron chi connectivity index (χ1n) is 12.6. The maximum absolute atomic E-state index is 14.0. The number of fused-ring (bicyclic) bond motifs is 1. The number of hydrogen-bond acceptors (Lipinski definition) is 4. The van der Waals surface area contributed by atoms with Crippen LogP contribution in [0.25, 0.3) is 0 Å². The van der Waals surface area contributed by atoms with E-state index in [2.05, 4.69) is 10.4 Å². The second-order valence-corrected chi connectivity index (χ2v) is 10.4. The number of carboxylic acids is 1. The summed E-state index contributed by atoms with van der Waals surface area (Å²) in [6, 6.07) is 0.726. The monoisotopic (exact) mass is 561 g/mol. The lowest BCUT2D eigenvalue weighted by Gasteiger charge is -2.36. The summed E-state index contributed by atoms with van der Waals surface area (Å²) in [5.74, 6) is -2.80. The number of alkyl halides is 6. The molecule has 7 nitrogen and oxygen atoms in total. The van der Waals surface area contributed by atoms with Gasteiger partial charge in [0, 0.05) is 26.3 Å². The standard InChI is InChI=1S/C26H29F6N3O4/c1-3-18-20-19(11-24(13-33-22(20)36)6-8-39-9-7-24)35(34-18)12-14(2)10-16-15(23(37)38)4-5-17(25(27,28)29)21(16)26(30,31)32/h4-5,14H,3,6-13H2,1-2H3,(H,33,36)(H,37,38)/t14-/m1/s1. The second-order valence-electron chi connectivity index (χ2n) is 10.4. The summed E-state index contributed by atoms with van der Waals surface area (Å²) in [7, 11) is 0. The number of aromatic carboxylic acids is 1. The fourth-order valence-electron chi connectivity index (χ4n) is 5.65. The molecule has 2 aromatic rings. The van der Waals surface area contributed by atoms with Crippen LogP contribution in [0.4, 0.5) is 26.3 Å². The number of benzene rings is 1. The van der Waals surface area contributed by atoms with Gasteiger partial charge in [0.2, 0.25) is 0 Å². The Morgan fingerprint density at radius 2 is 1.85 bits per heavy atom. The van der Waals surface area contributed by atoms with E-state index in [4.69, 9.17) is 4.74 Å². The van der Waals surface area contributed by atoms with E-state index < -0.39 is 52.9 Å². The quantitative estimate of drug-likeness (QED) is 0.477. The molecule has 0 bridgehead atoms. The second kappa shape index (κ2) is 10.5. The molecule has 2 aliphatic rings. The van der Waals surface area contributed by atoms with Gasteiger partial charge in [0.1, 0.15) is 0 Å². The number of amides is 1. The van der Waals surface area contributed by atoms with E-state index in [1.165, 1.54) is 6.92 Å². The normalized spacial score (nSPS) is 18.4. The van der Waals surface area contributed by atoms with Crippen molar-refractivity contribution in [3.8, 4) is 0 Å². The predicted octanol–water partition coefficient (Wildman–Crippen LogP) is 5.14. The third-order valence-corrected chi connectivity index (χ3v) is 7.58. The Morgan fingerprint density at radius 1 is 1.18 bits per heavy atom. The molecule has 0 unspecified atom stereocenters. The Morgan fingerprint density at radius 3 is 2.41 bits per heavy atom. The first-order chi connectivity index (χ1) is 18.2. The van der Waals surface area contributed by atoms with Crippen molar-refractivity contribution in [1.82, 2.24) is 15.1 Å². The topological polar surface area (TPSA) is 93.5 Å². The summed E-state index contributed by atoms with van der Waals surface area (Å²) < 4.78 is 89.6. The summed E-state index contributed by atoms with van der Waals surface area (Å²) in [5.41, 5.74) is -4.42. The zero-order valence-corrected chi connectivity index (χ0v) is 21.4. The van der Waals surface area contributed by atoms with Crippen LogP contribution in [0.2, 0.25) is 0 Å². The third kappa shape index (κ3) is 5.78. The van der Waals surface area contributed by atoms with Gasteiger partial charge in [-0.2, -0.15) is 31.4 Å². The van der Waals surface area contributed by atoms with Crippen LogP contribution < -0.4 is 5.32 Å². The van der Waals surface area contributed by atoms with Crippen molar-refractivity contribution in [2.45, 2.75) is 64.8 Å². The van der Waals surface area contributed by atoms with E-state index in [9.17, 15) is 41.0 Å². The van der Waals surface area contributed by atoms with Crippen molar-refractivity contribution in [3.63, 3.8) is 0 Å². The van der Waals surface area contributed by atoms with Gasteiger partial charge in [-0.25, -0.2) is 4.79 Å². The Bertz CT molecular complexity index is 1260. The highest BCUT2D eigenvalue weighted by molar-refractivity contribution is 5.97. The summed E-state index contributed by atoms with van der Waals surface area (Å²) >= 11 is 0. The molecule has 2 aliphatic heterocycles. The number of nitrogens with one attached hydrogen (secondary N) is 1. The van der Waals surface area contributed by atoms with Crippen LogP contribution >= 0.6 is 0 Å². The Hall–Kier alpha value is -3.09. The number of carbonyl (C=O) groups excluding carboxylic acids is 1. The number of aryl methyl sites for hydroxylation is 1. The van der Waals surface area contributed by atoms with Crippen molar-refractivity contribution in [2.24, 2.45) is 11.3 Å². The molecule has 1 amide bonds. The largest absolute Gasteiger partial charge is 0.478 e. The summed E-state index contributed by atoms with van der Waals surface area (Å²) in [6.07, 6.45) is -9.09. The fourth-order valence-corrected chi connectivity index (χ4v) is 5.65. The number of nitrogens with zero attached hydrogens (tertiary/aromatic N) is 2. The molecule has 0 radical (unpaired) electrons. The summed E-state index contributed by atoms with van der Waals surface area (Å²) in [5, 5.41) is 17.0. The zero-order chi connectivity index (χ0) is 28.8. The van der Waals surface area contributed by atoms with Crippen molar-refractivity contribution < 1.29 is 45.8 Å². The van der Waals surface area contributed by atoms with E-state index in [-0.39, 0.29) is 23.9 Å². The lowest BCUT2D eigenvalue weighted by atomic mass is 9.76. The lowest BCUT2D eigenvalue weighted by molar-refractivity contribution is -0.162. The maximum atomic E-state index is 14.0. The van der Waals surface area contributed by atoms with E-state index in [0.29, 0.717) is 68.5 Å². The van der Waals surface area contributed by atoms with E-state index >= 15 is 0 Å². The first-order valence-corrected chi connectivity index (χ1v) is 12.6. The minimum absolute atomic E-state index is 0.0191. The highest BCUT2D eigenvalue weighted by atomic mass is 19.4. The molecular weight excluding hydrogens is 532 g/mol. The number of ether oxygens (including phenoxy) is 1. The molecule has 1 aromatic heterocycles. The average Bonchev–Trinajstić information content (AvgIpc) is 3.10. The van der Waals surface area contributed by atoms with Crippen LogP contribution in [-0.2, 0) is 42.9 Å². The maximum Gasteiger partial charge on any atom is 0.417 e. The van der Waals surface area contributed by atoms with Gasteiger partial charge >= 0.3 is 18.3 Å². The Balaban J connectivity index is 1.74. The minimum Gasteiger partial charge on any atom is -0.478 e. The van der Waals surface area contributed by atoms with Gasteiger partial charge in [-0.3, -0.25) is 9.48 Å². The number of hydrogen-bond donors (Lipinski definition) is 2. The number of halogens is 6. The van der Waals surface area contributed by atoms with Gasteiger partial charge in [-0.15, -0.1) is 0 Å². The van der Waals surface area contributed by atoms with Gasteiger partial charge in [0.05, 0.1) is 33.6 Å².